The summed E-state index contributed by atoms with van der Waals surface area (Å²) in [6.07, 6.45) is 2.13. The van der Waals surface area contributed by atoms with Gasteiger partial charge in [-0.3, -0.25) is 9.59 Å². The van der Waals surface area contributed by atoms with Crippen LogP contribution in [-0.2, 0) is 22.6 Å². The second-order valence-electron chi connectivity index (χ2n) is 7.76. The average Bonchev–Trinajstić information content (AvgIpc) is 2.67. The molecule has 0 fully saturated rings. The smallest absolute Gasteiger partial charge is 0.242 e. The molecule has 1 atom stereocenters. The zero-order chi connectivity index (χ0) is 22.3. The first-order chi connectivity index (χ1) is 14.2. The van der Waals surface area contributed by atoms with Gasteiger partial charge in [0.2, 0.25) is 11.8 Å². The van der Waals surface area contributed by atoms with Crippen molar-refractivity contribution in [2.24, 2.45) is 0 Å². The number of unbranched alkanes of at least 4 members (excludes halogenated alkanes) is 1. The molecule has 0 saturated heterocycles. The zero-order valence-corrected chi connectivity index (χ0v) is 19.6. The van der Waals surface area contributed by atoms with E-state index in [0.29, 0.717) is 16.6 Å². The molecule has 0 heterocycles. The summed E-state index contributed by atoms with van der Waals surface area (Å²) in [5.41, 5.74) is 3.99. The van der Waals surface area contributed by atoms with Gasteiger partial charge >= 0.3 is 0 Å². The Kier molecular flexibility index (Phi) is 9.19. The van der Waals surface area contributed by atoms with Crippen molar-refractivity contribution < 1.29 is 9.59 Å². The SMILES string of the molecule is CCCCNC(=O)[C@H](C)N(Cc1ccc(Cl)c(Cl)c1)C(=O)Cc1cc(C)cc(C)c1. The molecule has 0 aliphatic heterocycles. The Labute approximate surface area is 189 Å². The Balaban J connectivity index is 2.25. The number of aryl methyl sites for hydroxylation is 2. The maximum Gasteiger partial charge on any atom is 0.242 e. The lowest BCUT2D eigenvalue weighted by Gasteiger charge is -2.29. The van der Waals surface area contributed by atoms with Crippen LogP contribution < -0.4 is 5.32 Å². The van der Waals surface area contributed by atoms with Crippen molar-refractivity contribution in [1.29, 1.82) is 0 Å². The summed E-state index contributed by atoms with van der Waals surface area (Å²) in [7, 11) is 0. The van der Waals surface area contributed by atoms with Gasteiger partial charge in [0.25, 0.3) is 0 Å². The van der Waals surface area contributed by atoms with Crippen LogP contribution in [0.1, 0.15) is 48.9 Å². The predicted molar refractivity (Wildman–Crippen MR) is 124 cm³/mol. The molecule has 6 heteroatoms. The largest absolute Gasteiger partial charge is 0.354 e. The lowest BCUT2D eigenvalue weighted by molar-refractivity contribution is -0.140. The highest BCUT2D eigenvalue weighted by Gasteiger charge is 2.26. The molecular weight excluding hydrogens is 419 g/mol. The fourth-order valence-electron chi connectivity index (χ4n) is 3.40. The molecular formula is C24H30Cl2N2O2. The first kappa shape index (κ1) is 24.2. The van der Waals surface area contributed by atoms with Gasteiger partial charge in [-0.15, -0.1) is 0 Å². The van der Waals surface area contributed by atoms with Crippen LogP contribution in [0.25, 0.3) is 0 Å². The monoisotopic (exact) mass is 448 g/mol. The van der Waals surface area contributed by atoms with Gasteiger partial charge < -0.3 is 10.2 Å². The number of halogens is 2. The maximum atomic E-state index is 13.3. The second kappa shape index (κ2) is 11.4. The molecule has 0 aliphatic rings. The van der Waals surface area contributed by atoms with E-state index in [-0.39, 0.29) is 24.8 Å². The van der Waals surface area contributed by atoms with Gasteiger partial charge in [0.05, 0.1) is 16.5 Å². The van der Waals surface area contributed by atoms with Crippen molar-refractivity contribution in [2.45, 2.75) is 59.5 Å². The molecule has 0 radical (unpaired) electrons. The number of carbonyl (C=O) groups is 2. The highest BCUT2D eigenvalue weighted by atomic mass is 35.5. The summed E-state index contributed by atoms with van der Waals surface area (Å²) in [4.78, 5) is 27.5. The Morgan fingerprint density at radius 1 is 1.00 bits per heavy atom. The highest BCUT2D eigenvalue weighted by Crippen LogP contribution is 2.24. The first-order valence-corrected chi connectivity index (χ1v) is 11.0. The van der Waals surface area contributed by atoms with Crippen LogP contribution in [0.5, 0.6) is 0 Å². The third-order valence-electron chi connectivity index (χ3n) is 4.97. The second-order valence-corrected chi connectivity index (χ2v) is 8.58. The van der Waals surface area contributed by atoms with E-state index in [2.05, 4.69) is 18.3 Å². The standard InChI is InChI=1S/C24H30Cl2N2O2/c1-5-6-9-27-24(30)18(4)28(15-19-7-8-21(25)22(26)13-19)23(29)14-20-11-16(2)10-17(3)12-20/h7-8,10-13,18H,5-6,9,14-15H2,1-4H3,(H,27,30)/t18-/m0/s1. The summed E-state index contributed by atoms with van der Waals surface area (Å²) in [5, 5.41) is 3.81. The molecule has 0 spiro atoms. The van der Waals surface area contributed by atoms with E-state index in [1.807, 2.05) is 32.0 Å². The van der Waals surface area contributed by atoms with Gasteiger partial charge in [0.1, 0.15) is 6.04 Å². The van der Waals surface area contributed by atoms with Gasteiger partial charge in [-0.25, -0.2) is 0 Å². The number of hydrogen-bond donors (Lipinski definition) is 1. The molecule has 2 amide bonds. The number of benzene rings is 2. The van der Waals surface area contributed by atoms with Crippen LogP contribution in [-0.4, -0.2) is 29.3 Å². The fourth-order valence-corrected chi connectivity index (χ4v) is 3.72. The Bertz CT molecular complexity index is 879. The highest BCUT2D eigenvalue weighted by molar-refractivity contribution is 6.42. The molecule has 4 nitrogen and oxygen atoms in total. The Morgan fingerprint density at radius 3 is 2.27 bits per heavy atom. The Morgan fingerprint density at radius 2 is 1.67 bits per heavy atom. The minimum absolute atomic E-state index is 0.107. The van der Waals surface area contributed by atoms with E-state index in [1.54, 1.807) is 24.0 Å². The van der Waals surface area contributed by atoms with Crippen molar-refractivity contribution in [2.75, 3.05) is 6.54 Å². The predicted octanol–water partition coefficient (Wildman–Crippen LogP) is 5.49. The molecule has 2 aromatic rings. The zero-order valence-electron chi connectivity index (χ0n) is 18.1. The van der Waals surface area contributed by atoms with Crippen LogP contribution in [0, 0.1) is 13.8 Å². The third kappa shape index (κ3) is 7.03. The summed E-state index contributed by atoms with van der Waals surface area (Å²) in [5.74, 6) is -0.263. The van der Waals surface area contributed by atoms with Crippen LogP contribution in [0.2, 0.25) is 10.0 Å². The van der Waals surface area contributed by atoms with Gasteiger partial charge in [0, 0.05) is 13.1 Å². The summed E-state index contributed by atoms with van der Waals surface area (Å²) < 4.78 is 0. The van der Waals surface area contributed by atoms with Crippen molar-refractivity contribution in [3.8, 4) is 0 Å². The average molecular weight is 449 g/mol. The van der Waals surface area contributed by atoms with E-state index in [9.17, 15) is 9.59 Å². The number of amides is 2. The van der Waals surface area contributed by atoms with Crippen molar-refractivity contribution in [3.63, 3.8) is 0 Å². The van der Waals surface area contributed by atoms with Crippen molar-refractivity contribution in [3.05, 3.63) is 68.7 Å². The summed E-state index contributed by atoms with van der Waals surface area (Å²) >= 11 is 12.2. The van der Waals surface area contributed by atoms with Gasteiger partial charge in [-0.05, 0) is 50.5 Å². The number of hydrogen-bond acceptors (Lipinski definition) is 2. The molecule has 0 saturated carbocycles. The minimum Gasteiger partial charge on any atom is -0.354 e. The van der Waals surface area contributed by atoms with Crippen LogP contribution in [0.15, 0.2) is 36.4 Å². The van der Waals surface area contributed by atoms with E-state index >= 15 is 0 Å². The number of carbonyl (C=O) groups excluding carboxylic acids is 2. The molecule has 1 N–H and O–H groups in total. The van der Waals surface area contributed by atoms with E-state index in [1.165, 1.54) is 0 Å². The first-order valence-electron chi connectivity index (χ1n) is 10.3. The topological polar surface area (TPSA) is 49.4 Å². The lowest BCUT2D eigenvalue weighted by atomic mass is 10.0. The van der Waals surface area contributed by atoms with Crippen LogP contribution in [0.4, 0.5) is 0 Å². The van der Waals surface area contributed by atoms with Crippen molar-refractivity contribution >= 4 is 35.0 Å². The van der Waals surface area contributed by atoms with Gasteiger partial charge in [0.15, 0.2) is 0 Å². The molecule has 30 heavy (non-hydrogen) atoms. The van der Waals surface area contributed by atoms with E-state index in [0.717, 1.165) is 35.1 Å². The van der Waals surface area contributed by atoms with E-state index in [4.69, 9.17) is 23.2 Å². The van der Waals surface area contributed by atoms with Crippen LogP contribution in [0.3, 0.4) is 0 Å². The minimum atomic E-state index is -0.602. The molecule has 0 aliphatic carbocycles. The number of nitrogens with zero attached hydrogens (tertiary/aromatic N) is 1. The molecule has 2 rings (SSSR count). The normalized spacial score (nSPS) is 11.8. The molecule has 0 bridgehead atoms. The molecule has 0 unspecified atom stereocenters. The van der Waals surface area contributed by atoms with E-state index < -0.39 is 6.04 Å². The molecule has 2 aromatic carbocycles. The third-order valence-corrected chi connectivity index (χ3v) is 5.71. The lowest BCUT2D eigenvalue weighted by Crippen LogP contribution is -2.48. The van der Waals surface area contributed by atoms with Crippen LogP contribution >= 0.6 is 23.2 Å². The molecule has 162 valence electrons. The maximum absolute atomic E-state index is 13.3. The quantitative estimate of drug-likeness (QED) is 0.515. The fraction of sp³-hybridized carbons (Fsp3) is 0.417. The number of nitrogens with one attached hydrogen (secondary N) is 1. The van der Waals surface area contributed by atoms with Crippen molar-refractivity contribution in [1.82, 2.24) is 10.2 Å². The summed E-state index contributed by atoms with van der Waals surface area (Å²) in [6.45, 7) is 8.74. The van der Waals surface area contributed by atoms with Gasteiger partial charge in [-0.2, -0.15) is 0 Å². The number of rotatable bonds is 9. The molecule has 0 aromatic heterocycles. The Hall–Kier alpha value is -2.04. The summed E-state index contributed by atoms with van der Waals surface area (Å²) in [6, 6.07) is 10.8. The van der Waals surface area contributed by atoms with Gasteiger partial charge in [-0.1, -0.05) is 71.9 Å².